The fourth-order valence-corrected chi connectivity index (χ4v) is 3.20. The summed E-state index contributed by atoms with van der Waals surface area (Å²) in [4.78, 5) is 10.8. The van der Waals surface area contributed by atoms with Crippen molar-refractivity contribution in [2.45, 2.75) is 18.7 Å². The summed E-state index contributed by atoms with van der Waals surface area (Å²) >= 11 is 0. The van der Waals surface area contributed by atoms with E-state index < -0.39 is 33.3 Å². The van der Waals surface area contributed by atoms with Crippen molar-refractivity contribution in [3.05, 3.63) is 24.0 Å². The maximum absolute atomic E-state index is 13.7. The Morgan fingerprint density at radius 2 is 2.05 bits per heavy atom. The Morgan fingerprint density at radius 3 is 2.55 bits per heavy atom. The first-order valence-corrected chi connectivity index (χ1v) is 7.48. The summed E-state index contributed by atoms with van der Waals surface area (Å²) in [6.45, 7) is 2.79. The van der Waals surface area contributed by atoms with E-state index in [2.05, 4.69) is 0 Å². The normalized spacial score (nSPS) is 11.6. The molecule has 20 heavy (non-hydrogen) atoms. The number of hydrogen-bond donors (Lipinski definition) is 1. The van der Waals surface area contributed by atoms with Crippen molar-refractivity contribution in [3.63, 3.8) is 0 Å². The van der Waals surface area contributed by atoms with Gasteiger partial charge >= 0.3 is 5.97 Å². The average Bonchev–Trinajstić information content (AvgIpc) is 2.35. The molecule has 0 saturated heterocycles. The summed E-state index contributed by atoms with van der Waals surface area (Å²) in [5.74, 6) is -1.65. The van der Waals surface area contributed by atoms with E-state index in [4.69, 9.17) is 10.5 Å². The number of nitrogen functional groups attached to an aromatic ring is 1. The van der Waals surface area contributed by atoms with Gasteiger partial charge in [0.1, 0.15) is 17.3 Å². The molecular weight excluding hydrogens is 287 g/mol. The van der Waals surface area contributed by atoms with Crippen molar-refractivity contribution in [1.29, 1.82) is 0 Å². The summed E-state index contributed by atoms with van der Waals surface area (Å²) < 4.78 is 43.9. The molecule has 0 unspecified atom stereocenters. The molecule has 1 aromatic carbocycles. The molecule has 0 amide bonds. The van der Waals surface area contributed by atoms with Crippen LogP contribution in [0.3, 0.4) is 0 Å². The zero-order chi connectivity index (χ0) is 15.3. The second-order valence-electron chi connectivity index (χ2n) is 3.89. The molecule has 0 heterocycles. The van der Waals surface area contributed by atoms with Gasteiger partial charge in [-0.2, -0.15) is 4.31 Å². The first-order chi connectivity index (χ1) is 9.34. The highest BCUT2D eigenvalue weighted by Gasteiger charge is 2.30. The third-order valence-electron chi connectivity index (χ3n) is 2.56. The van der Waals surface area contributed by atoms with Crippen molar-refractivity contribution < 1.29 is 22.3 Å². The van der Waals surface area contributed by atoms with Crippen molar-refractivity contribution >= 4 is 21.7 Å². The quantitative estimate of drug-likeness (QED) is 0.625. The van der Waals surface area contributed by atoms with Crippen LogP contribution in [0.2, 0.25) is 0 Å². The molecule has 0 radical (unpaired) electrons. The smallest absolute Gasteiger partial charge is 0.321 e. The molecule has 0 aromatic heterocycles. The number of anilines is 1. The van der Waals surface area contributed by atoms with E-state index in [1.807, 2.05) is 0 Å². The molecule has 112 valence electrons. The van der Waals surface area contributed by atoms with Crippen LogP contribution in [0.1, 0.15) is 13.8 Å². The van der Waals surface area contributed by atoms with E-state index in [1.165, 1.54) is 19.1 Å². The minimum atomic E-state index is -4.19. The SMILES string of the molecule is CCOC(=O)CN(CC)S(=O)(=O)c1c(N)cccc1F. The number of ether oxygens (including phenoxy) is 1. The molecule has 0 aliphatic heterocycles. The molecule has 1 rings (SSSR count). The highest BCUT2D eigenvalue weighted by molar-refractivity contribution is 7.89. The van der Waals surface area contributed by atoms with Gasteiger partial charge in [-0.3, -0.25) is 4.79 Å². The van der Waals surface area contributed by atoms with E-state index in [0.29, 0.717) is 0 Å². The van der Waals surface area contributed by atoms with Gasteiger partial charge in [-0.1, -0.05) is 13.0 Å². The molecule has 6 nitrogen and oxygen atoms in total. The Balaban J connectivity index is 3.16. The molecule has 0 spiro atoms. The van der Waals surface area contributed by atoms with Crippen LogP contribution in [-0.4, -0.2) is 38.4 Å². The molecule has 0 aliphatic rings. The van der Waals surface area contributed by atoms with Crippen LogP contribution in [0.15, 0.2) is 23.1 Å². The van der Waals surface area contributed by atoms with Gasteiger partial charge in [0.05, 0.1) is 12.3 Å². The van der Waals surface area contributed by atoms with Gasteiger partial charge in [0.2, 0.25) is 10.0 Å². The number of hydrogen-bond acceptors (Lipinski definition) is 5. The molecule has 0 fully saturated rings. The second kappa shape index (κ2) is 6.67. The first kappa shape index (κ1) is 16.4. The van der Waals surface area contributed by atoms with Crippen LogP contribution in [0.5, 0.6) is 0 Å². The molecular formula is C12H17FN2O4S. The Bertz CT molecular complexity index is 569. The lowest BCUT2D eigenvalue weighted by Gasteiger charge is -2.20. The zero-order valence-corrected chi connectivity index (χ0v) is 12.1. The zero-order valence-electron chi connectivity index (χ0n) is 11.3. The third-order valence-corrected chi connectivity index (χ3v) is 4.57. The minimum absolute atomic E-state index is 0.00504. The van der Waals surface area contributed by atoms with Gasteiger partial charge in [-0.05, 0) is 19.1 Å². The topological polar surface area (TPSA) is 89.7 Å². The number of nitrogens with two attached hydrogens (primary N) is 1. The number of likely N-dealkylation sites (N-methyl/N-ethyl adjacent to an activating group) is 1. The van der Waals surface area contributed by atoms with Crippen molar-refractivity contribution in [2.24, 2.45) is 0 Å². The maximum atomic E-state index is 13.7. The molecule has 2 N–H and O–H groups in total. The number of carbonyl (C=O) groups excluding carboxylic acids is 1. The summed E-state index contributed by atoms with van der Waals surface area (Å²) in [5.41, 5.74) is 5.33. The number of esters is 1. The predicted molar refractivity (Wildman–Crippen MR) is 71.9 cm³/mol. The molecule has 0 saturated carbocycles. The third kappa shape index (κ3) is 3.45. The van der Waals surface area contributed by atoms with Crippen LogP contribution in [-0.2, 0) is 19.6 Å². The van der Waals surface area contributed by atoms with E-state index in [9.17, 15) is 17.6 Å². The highest BCUT2D eigenvalue weighted by Crippen LogP contribution is 2.25. The van der Waals surface area contributed by atoms with Gasteiger partial charge in [-0.15, -0.1) is 0 Å². The Morgan fingerprint density at radius 1 is 1.40 bits per heavy atom. The van der Waals surface area contributed by atoms with E-state index in [-0.39, 0.29) is 18.8 Å². The van der Waals surface area contributed by atoms with Crippen LogP contribution < -0.4 is 5.73 Å². The van der Waals surface area contributed by atoms with Crippen LogP contribution in [0.4, 0.5) is 10.1 Å². The second-order valence-corrected chi connectivity index (χ2v) is 5.77. The fraction of sp³-hybridized carbons (Fsp3) is 0.417. The summed E-state index contributed by atoms with van der Waals surface area (Å²) in [5, 5.41) is 0. The van der Waals surface area contributed by atoms with Gasteiger partial charge in [0.15, 0.2) is 0 Å². The van der Waals surface area contributed by atoms with Crippen LogP contribution in [0, 0.1) is 5.82 Å². The number of nitrogens with zero attached hydrogens (tertiary/aromatic N) is 1. The van der Waals surface area contributed by atoms with E-state index in [0.717, 1.165) is 10.4 Å². The molecule has 8 heteroatoms. The van der Waals surface area contributed by atoms with Crippen molar-refractivity contribution in [2.75, 3.05) is 25.4 Å². The number of halogens is 1. The largest absolute Gasteiger partial charge is 0.465 e. The summed E-state index contributed by atoms with van der Waals surface area (Å²) in [6.07, 6.45) is 0. The standard InChI is InChI=1S/C12H17FN2O4S/c1-3-15(8-11(16)19-4-2)20(17,18)12-9(13)6-5-7-10(12)14/h5-7H,3-4,8,14H2,1-2H3. The monoisotopic (exact) mass is 304 g/mol. The van der Waals surface area contributed by atoms with Crippen LogP contribution in [0.25, 0.3) is 0 Å². The molecule has 0 atom stereocenters. The number of carbonyl (C=O) groups is 1. The minimum Gasteiger partial charge on any atom is -0.465 e. The number of rotatable bonds is 6. The number of benzene rings is 1. The predicted octanol–water partition coefficient (Wildman–Crippen LogP) is 0.982. The molecule has 1 aromatic rings. The van der Waals surface area contributed by atoms with Gasteiger partial charge < -0.3 is 10.5 Å². The summed E-state index contributed by atoms with van der Waals surface area (Å²) in [7, 11) is -4.19. The van der Waals surface area contributed by atoms with Gasteiger partial charge in [0.25, 0.3) is 0 Å². The lowest BCUT2D eigenvalue weighted by Crippen LogP contribution is -2.37. The van der Waals surface area contributed by atoms with Crippen LogP contribution >= 0.6 is 0 Å². The number of sulfonamides is 1. The molecule has 0 aliphatic carbocycles. The Hall–Kier alpha value is -1.67. The Labute approximate surface area is 117 Å². The van der Waals surface area contributed by atoms with Gasteiger partial charge in [-0.25, -0.2) is 12.8 Å². The van der Waals surface area contributed by atoms with Crippen molar-refractivity contribution in [1.82, 2.24) is 4.31 Å². The lowest BCUT2D eigenvalue weighted by atomic mass is 10.3. The maximum Gasteiger partial charge on any atom is 0.321 e. The first-order valence-electron chi connectivity index (χ1n) is 6.04. The fourth-order valence-electron chi connectivity index (χ4n) is 1.64. The summed E-state index contributed by atoms with van der Waals surface area (Å²) in [6, 6.07) is 3.60. The highest BCUT2D eigenvalue weighted by atomic mass is 32.2. The average molecular weight is 304 g/mol. The lowest BCUT2D eigenvalue weighted by molar-refractivity contribution is -0.143. The Kier molecular flexibility index (Phi) is 5.46. The van der Waals surface area contributed by atoms with Crippen molar-refractivity contribution in [3.8, 4) is 0 Å². The molecule has 0 bridgehead atoms. The van der Waals surface area contributed by atoms with E-state index in [1.54, 1.807) is 6.92 Å². The van der Waals surface area contributed by atoms with E-state index >= 15 is 0 Å². The van der Waals surface area contributed by atoms with Gasteiger partial charge in [0, 0.05) is 6.54 Å².